The Kier molecular flexibility index (Phi) is 3.09. The number of para-hydroxylation sites is 1. The number of aromatic nitrogens is 1. The maximum Gasteiger partial charge on any atom is 0.202 e. The molecule has 2 aromatic heterocycles. The number of benzene rings is 1. The summed E-state index contributed by atoms with van der Waals surface area (Å²) in [6, 6.07) is 9.97. The molecule has 0 radical (unpaired) electrons. The predicted molar refractivity (Wildman–Crippen MR) is 73.9 cm³/mol. The van der Waals surface area contributed by atoms with Crippen molar-refractivity contribution in [1.29, 1.82) is 0 Å². The highest BCUT2D eigenvalue weighted by Gasteiger charge is 2.18. The molecule has 1 N–H and O–H groups in total. The van der Waals surface area contributed by atoms with Crippen molar-refractivity contribution in [1.82, 2.24) is 10.5 Å². The van der Waals surface area contributed by atoms with E-state index in [0.717, 1.165) is 28.8 Å². The molecule has 98 valence electrons. The van der Waals surface area contributed by atoms with Crippen molar-refractivity contribution in [2.45, 2.75) is 19.9 Å². The lowest BCUT2D eigenvalue weighted by Gasteiger charge is -1.94. The van der Waals surface area contributed by atoms with Crippen LogP contribution in [0, 0.1) is 0 Å². The minimum absolute atomic E-state index is 0.686. The zero-order chi connectivity index (χ0) is 13.2. The monoisotopic (exact) mass is 256 g/mol. The summed E-state index contributed by atoms with van der Waals surface area (Å²) in [5, 5.41) is 8.23. The average molecular weight is 256 g/mol. The predicted octanol–water partition coefficient (Wildman–Crippen LogP) is 3.37. The van der Waals surface area contributed by atoms with E-state index in [9.17, 15) is 0 Å². The molecule has 0 amide bonds. The van der Waals surface area contributed by atoms with Crippen LogP contribution in [0.15, 0.2) is 39.3 Å². The quantitative estimate of drug-likeness (QED) is 0.777. The molecule has 0 saturated heterocycles. The van der Waals surface area contributed by atoms with Gasteiger partial charge in [0.15, 0.2) is 5.76 Å². The van der Waals surface area contributed by atoms with E-state index in [1.807, 2.05) is 31.3 Å². The van der Waals surface area contributed by atoms with Crippen LogP contribution in [0.5, 0.6) is 0 Å². The van der Waals surface area contributed by atoms with E-state index in [2.05, 4.69) is 23.5 Å². The Bertz CT molecular complexity index is 697. The van der Waals surface area contributed by atoms with Gasteiger partial charge >= 0.3 is 0 Å². The van der Waals surface area contributed by atoms with Crippen LogP contribution in [-0.4, -0.2) is 12.2 Å². The van der Waals surface area contributed by atoms with Gasteiger partial charge in [-0.3, -0.25) is 0 Å². The van der Waals surface area contributed by atoms with Gasteiger partial charge in [0.05, 0.1) is 5.69 Å². The third-order valence-corrected chi connectivity index (χ3v) is 3.19. The smallest absolute Gasteiger partial charge is 0.202 e. The number of fused-ring (bicyclic) bond motifs is 1. The second-order valence-electron chi connectivity index (χ2n) is 4.47. The summed E-state index contributed by atoms with van der Waals surface area (Å²) in [5.74, 6) is 1.48. The molecule has 4 heteroatoms. The number of rotatable bonds is 4. The number of nitrogens with zero attached hydrogens (tertiary/aromatic N) is 1. The second kappa shape index (κ2) is 4.90. The maximum atomic E-state index is 5.91. The molecular weight excluding hydrogens is 240 g/mol. The average Bonchev–Trinajstić information content (AvgIpc) is 3.02. The molecule has 0 atom stereocenters. The molecule has 0 unspecified atom stereocenters. The zero-order valence-electron chi connectivity index (χ0n) is 11.1. The Morgan fingerprint density at radius 1 is 1.26 bits per heavy atom. The van der Waals surface area contributed by atoms with Crippen molar-refractivity contribution in [2.75, 3.05) is 7.05 Å². The molecule has 0 aliphatic carbocycles. The Balaban J connectivity index is 2.12. The largest absolute Gasteiger partial charge is 0.452 e. The van der Waals surface area contributed by atoms with Crippen LogP contribution in [0.4, 0.5) is 0 Å². The summed E-state index contributed by atoms with van der Waals surface area (Å²) in [6.45, 7) is 2.80. The maximum absolute atomic E-state index is 5.91. The number of aryl methyl sites for hydroxylation is 1. The molecule has 0 saturated carbocycles. The minimum atomic E-state index is 0.686. The fraction of sp³-hybridized carbons (Fsp3) is 0.267. The summed E-state index contributed by atoms with van der Waals surface area (Å²) in [7, 11) is 1.88. The van der Waals surface area contributed by atoms with Crippen molar-refractivity contribution in [3.05, 3.63) is 41.6 Å². The molecule has 0 aliphatic heterocycles. The first-order chi connectivity index (χ1) is 9.33. The molecule has 0 fully saturated rings. The SMILES string of the molecule is CCc1c(-c2cc(CNC)no2)oc2ccccc12. The molecule has 0 bridgehead atoms. The Hall–Kier alpha value is -2.07. The van der Waals surface area contributed by atoms with Crippen molar-refractivity contribution in [3.63, 3.8) is 0 Å². The van der Waals surface area contributed by atoms with Gasteiger partial charge in [-0.25, -0.2) is 0 Å². The lowest BCUT2D eigenvalue weighted by molar-refractivity contribution is 0.411. The van der Waals surface area contributed by atoms with Crippen molar-refractivity contribution >= 4 is 11.0 Å². The Morgan fingerprint density at radius 3 is 2.89 bits per heavy atom. The standard InChI is InChI=1S/C15H16N2O2/c1-3-11-12-6-4-5-7-13(12)18-15(11)14-8-10(9-16-2)17-19-14/h4-8,16H,3,9H2,1-2H3. The molecule has 0 spiro atoms. The van der Waals surface area contributed by atoms with Gasteiger partial charge < -0.3 is 14.3 Å². The van der Waals surface area contributed by atoms with Crippen LogP contribution in [0.3, 0.4) is 0 Å². The molecular formula is C15H16N2O2. The van der Waals surface area contributed by atoms with Crippen LogP contribution >= 0.6 is 0 Å². The molecule has 2 heterocycles. The highest BCUT2D eigenvalue weighted by molar-refractivity contribution is 5.87. The van der Waals surface area contributed by atoms with E-state index in [0.29, 0.717) is 12.3 Å². The summed E-state index contributed by atoms with van der Waals surface area (Å²) < 4.78 is 11.3. The van der Waals surface area contributed by atoms with Gasteiger partial charge in [-0.1, -0.05) is 30.3 Å². The summed E-state index contributed by atoms with van der Waals surface area (Å²) >= 11 is 0. The van der Waals surface area contributed by atoms with Crippen molar-refractivity contribution in [3.8, 4) is 11.5 Å². The van der Waals surface area contributed by atoms with Gasteiger partial charge in [0.2, 0.25) is 5.76 Å². The van der Waals surface area contributed by atoms with Crippen LogP contribution in [0.1, 0.15) is 18.2 Å². The minimum Gasteiger partial charge on any atom is -0.452 e. The molecule has 4 nitrogen and oxygen atoms in total. The van der Waals surface area contributed by atoms with Gasteiger partial charge in [0.25, 0.3) is 0 Å². The van der Waals surface area contributed by atoms with E-state index in [-0.39, 0.29) is 0 Å². The molecule has 1 aromatic carbocycles. The lowest BCUT2D eigenvalue weighted by Crippen LogP contribution is -2.04. The first-order valence-corrected chi connectivity index (χ1v) is 6.44. The lowest BCUT2D eigenvalue weighted by atomic mass is 10.1. The number of nitrogens with one attached hydrogen (secondary N) is 1. The molecule has 0 aliphatic rings. The van der Waals surface area contributed by atoms with Gasteiger partial charge in [0, 0.05) is 23.6 Å². The van der Waals surface area contributed by atoms with Gasteiger partial charge in [-0.15, -0.1) is 0 Å². The summed E-state index contributed by atoms with van der Waals surface area (Å²) in [5.41, 5.74) is 2.93. The normalized spacial score (nSPS) is 11.3. The first-order valence-electron chi connectivity index (χ1n) is 6.44. The molecule has 3 rings (SSSR count). The van der Waals surface area contributed by atoms with Gasteiger partial charge in [-0.05, 0) is 19.5 Å². The Labute approximate surface area is 111 Å². The summed E-state index contributed by atoms with van der Waals surface area (Å²) in [6.07, 6.45) is 0.897. The van der Waals surface area contributed by atoms with Crippen molar-refractivity contribution in [2.24, 2.45) is 0 Å². The van der Waals surface area contributed by atoms with Gasteiger partial charge in [-0.2, -0.15) is 0 Å². The van der Waals surface area contributed by atoms with Crippen LogP contribution in [0.25, 0.3) is 22.5 Å². The van der Waals surface area contributed by atoms with Crippen LogP contribution in [0.2, 0.25) is 0 Å². The van der Waals surface area contributed by atoms with Crippen LogP contribution < -0.4 is 5.32 Å². The fourth-order valence-electron chi connectivity index (χ4n) is 2.33. The third-order valence-electron chi connectivity index (χ3n) is 3.19. The van der Waals surface area contributed by atoms with E-state index < -0.39 is 0 Å². The van der Waals surface area contributed by atoms with Crippen molar-refractivity contribution < 1.29 is 8.94 Å². The van der Waals surface area contributed by atoms with E-state index in [4.69, 9.17) is 8.94 Å². The highest BCUT2D eigenvalue weighted by Crippen LogP contribution is 2.34. The third kappa shape index (κ3) is 2.04. The molecule has 3 aromatic rings. The Morgan fingerprint density at radius 2 is 2.11 bits per heavy atom. The first kappa shape index (κ1) is 12.0. The fourth-order valence-corrected chi connectivity index (χ4v) is 2.33. The van der Waals surface area contributed by atoms with Crippen LogP contribution in [-0.2, 0) is 13.0 Å². The van der Waals surface area contributed by atoms with E-state index >= 15 is 0 Å². The zero-order valence-corrected chi connectivity index (χ0v) is 11.1. The number of hydrogen-bond donors (Lipinski definition) is 1. The van der Waals surface area contributed by atoms with Gasteiger partial charge in [0.1, 0.15) is 5.58 Å². The van der Waals surface area contributed by atoms with E-state index in [1.54, 1.807) is 0 Å². The number of furan rings is 1. The second-order valence-corrected chi connectivity index (χ2v) is 4.47. The number of hydrogen-bond acceptors (Lipinski definition) is 4. The molecule has 19 heavy (non-hydrogen) atoms. The topological polar surface area (TPSA) is 51.2 Å². The highest BCUT2D eigenvalue weighted by atomic mass is 16.5. The van der Waals surface area contributed by atoms with E-state index in [1.165, 1.54) is 5.56 Å². The summed E-state index contributed by atoms with van der Waals surface area (Å²) in [4.78, 5) is 0.